The highest BCUT2D eigenvalue weighted by Gasteiger charge is 2.29. The smallest absolute Gasteiger partial charge is 0.436 e. The summed E-state index contributed by atoms with van der Waals surface area (Å²) >= 11 is 10.5. The van der Waals surface area contributed by atoms with Crippen molar-refractivity contribution in [1.29, 1.82) is 0 Å². The molecule has 0 aromatic carbocycles. The summed E-state index contributed by atoms with van der Waals surface area (Å²) in [5.74, 6) is 0. The van der Waals surface area contributed by atoms with E-state index in [1.807, 2.05) is 0 Å². The molecule has 0 unspecified atom stereocenters. The van der Waals surface area contributed by atoms with Crippen LogP contribution in [0.3, 0.4) is 0 Å². The van der Waals surface area contributed by atoms with Gasteiger partial charge in [-0.05, 0) is 17.9 Å². The van der Waals surface area contributed by atoms with Gasteiger partial charge in [0.25, 0.3) is 0 Å². The van der Waals surface area contributed by atoms with Gasteiger partial charge >= 0.3 is 12.2 Å². The molecule has 0 heterocycles. The van der Waals surface area contributed by atoms with Gasteiger partial charge in [0, 0.05) is 23.6 Å². The van der Waals surface area contributed by atoms with Gasteiger partial charge in [-0.1, -0.05) is 0 Å². The zero-order valence-corrected chi connectivity index (χ0v) is 9.21. The van der Waals surface area contributed by atoms with Crippen molar-refractivity contribution in [3.05, 3.63) is 0 Å². The highest BCUT2D eigenvalue weighted by atomic mass is 35.5. The topological polar surface area (TPSA) is 59.1 Å². The average Bonchev–Trinajstić information content (AvgIpc) is 2.04. The number of hydrazine groups is 1. The van der Waals surface area contributed by atoms with Crippen LogP contribution in [0.2, 0.25) is 0 Å². The Morgan fingerprint density at radius 1 is 1.07 bits per heavy atom. The van der Waals surface area contributed by atoms with Gasteiger partial charge in [-0.3, -0.25) is 0 Å². The molecule has 6 nitrogen and oxygen atoms in total. The first kappa shape index (κ1) is 13.3. The van der Waals surface area contributed by atoms with Gasteiger partial charge in [0.05, 0.1) is 13.2 Å². The van der Waals surface area contributed by atoms with E-state index in [1.165, 1.54) is 0 Å². The number of hydrogen-bond acceptors (Lipinski definition) is 5. The minimum Gasteiger partial charge on any atom is -0.448 e. The summed E-state index contributed by atoms with van der Waals surface area (Å²) in [7, 11) is 0. The summed E-state index contributed by atoms with van der Waals surface area (Å²) in [5.41, 5.74) is 0. The molecule has 0 spiro atoms. The molecular weight excluding hydrogens is 235 g/mol. The van der Waals surface area contributed by atoms with Crippen molar-refractivity contribution in [3.8, 4) is 0 Å². The Hall–Kier alpha value is -0.720. The predicted molar refractivity (Wildman–Crippen MR) is 49.4 cm³/mol. The van der Waals surface area contributed by atoms with Crippen molar-refractivity contribution in [2.45, 2.75) is 13.8 Å². The molecule has 0 bridgehead atoms. The zero-order valence-electron chi connectivity index (χ0n) is 7.70. The molecule has 2 amide bonds. The van der Waals surface area contributed by atoms with Crippen molar-refractivity contribution in [2.24, 2.45) is 0 Å². The van der Waals surface area contributed by atoms with Crippen LogP contribution in [-0.4, -0.2) is 34.5 Å². The number of halogens is 2. The third-order valence-corrected chi connectivity index (χ3v) is 1.34. The molecule has 14 heavy (non-hydrogen) atoms. The van der Waals surface area contributed by atoms with Crippen molar-refractivity contribution in [2.75, 3.05) is 13.2 Å². The second-order valence-electron chi connectivity index (χ2n) is 1.92. The van der Waals surface area contributed by atoms with Crippen LogP contribution in [0.5, 0.6) is 0 Å². The minimum atomic E-state index is -1.00. The number of carbonyl (C=O) groups is 2. The molecule has 0 aromatic rings. The number of amides is 2. The highest BCUT2D eigenvalue weighted by molar-refractivity contribution is 6.34. The summed E-state index contributed by atoms with van der Waals surface area (Å²) in [4.78, 5) is 22.2. The second-order valence-corrected chi connectivity index (χ2v) is 2.74. The van der Waals surface area contributed by atoms with E-state index < -0.39 is 12.2 Å². The van der Waals surface area contributed by atoms with Crippen molar-refractivity contribution >= 4 is 35.7 Å². The first-order valence-electron chi connectivity index (χ1n) is 3.79. The Morgan fingerprint density at radius 3 is 1.64 bits per heavy atom. The Bertz CT molecular complexity index is 194. The first-order chi connectivity index (χ1) is 6.54. The van der Waals surface area contributed by atoms with Crippen LogP contribution in [0.25, 0.3) is 0 Å². The fraction of sp³-hybridized carbons (Fsp3) is 0.667. The second kappa shape index (κ2) is 6.69. The number of imide groups is 1. The summed E-state index contributed by atoms with van der Waals surface area (Å²) < 4.78 is 9.26. The maximum absolute atomic E-state index is 11.1. The Labute approximate surface area is 91.4 Å². The van der Waals surface area contributed by atoms with Crippen molar-refractivity contribution in [1.82, 2.24) is 9.06 Å². The van der Waals surface area contributed by atoms with Gasteiger partial charge in [-0.15, -0.1) is 5.01 Å². The monoisotopic (exact) mass is 244 g/mol. The number of carbonyl (C=O) groups excluding carboxylic acids is 2. The number of rotatable bonds is 3. The fourth-order valence-corrected chi connectivity index (χ4v) is 0.814. The Balaban J connectivity index is 4.42. The van der Waals surface area contributed by atoms with Gasteiger partial charge in [0.1, 0.15) is 0 Å². The zero-order chi connectivity index (χ0) is 11.1. The van der Waals surface area contributed by atoms with Gasteiger partial charge in [-0.2, -0.15) is 0 Å². The third-order valence-electron chi connectivity index (χ3n) is 1.03. The molecule has 0 fully saturated rings. The van der Waals surface area contributed by atoms with Crippen LogP contribution in [0, 0.1) is 0 Å². The van der Waals surface area contributed by atoms with Crippen LogP contribution < -0.4 is 0 Å². The minimum absolute atomic E-state index is 0.0936. The van der Waals surface area contributed by atoms with Crippen LogP contribution in [0.4, 0.5) is 9.59 Å². The lowest BCUT2D eigenvalue weighted by Crippen LogP contribution is -2.42. The van der Waals surface area contributed by atoms with E-state index in [0.29, 0.717) is 5.01 Å². The SMILES string of the molecule is CCOC(=O)N(C(=O)OCC)N(Cl)Cl. The average molecular weight is 245 g/mol. The van der Waals surface area contributed by atoms with Gasteiger partial charge < -0.3 is 9.47 Å². The van der Waals surface area contributed by atoms with Crippen LogP contribution >= 0.6 is 23.6 Å². The molecular formula is C6H10Cl2N2O4. The fourth-order valence-electron chi connectivity index (χ4n) is 0.567. The molecule has 8 heteroatoms. The van der Waals surface area contributed by atoms with Crippen LogP contribution in [-0.2, 0) is 9.47 Å². The van der Waals surface area contributed by atoms with Crippen molar-refractivity contribution in [3.63, 3.8) is 0 Å². The van der Waals surface area contributed by atoms with E-state index >= 15 is 0 Å². The van der Waals surface area contributed by atoms with Gasteiger partial charge in [0.2, 0.25) is 0 Å². The summed E-state index contributed by atoms with van der Waals surface area (Å²) in [6.07, 6.45) is -2.01. The summed E-state index contributed by atoms with van der Waals surface area (Å²) in [6, 6.07) is 0. The molecule has 0 aromatic heterocycles. The van der Waals surface area contributed by atoms with Gasteiger partial charge in [-0.25, -0.2) is 9.59 Å². The van der Waals surface area contributed by atoms with Gasteiger partial charge in [0.15, 0.2) is 0 Å². The Kier molecular flexibility index (Phi) is 6.35. The Morgan fingerprint density at radius 2 is 1.43 bits per heavy atom. The summed E-state index contributed by atoms with van der Waals surface area (Å²) in [6.45, 7) is 3.34. The van der Waals surface area contributed by atoms with E-state index in [9.17, 15) is 9.59 Å². The lowest BCUT2D eigenvalue weighted by atomic mass is 10.8. The number of nitrogens with zero attached hydrogens (tertiary/aromatic N) is 2. The maximum Gasteiger partial charge on any atom is 0.436 e. The number of ether oxygens (including phenoxy) is 2. The van der Waals surface area contributed by atoms with Crippen LogP contribution in [0.1, 0.15) is 13.8 Å². The molecule has 0 saturated carbocycles. The van der Waals surface area contributed by atoms with Crippen molar-refractivity contribution < 1.29 is 19.1 Å². The predicted octanol–water partition coefficient (Wildman–Crippen LogP) is 2.13. The third kappa shape index (κ3) is 3.99. The molecule has 0 N–H and O–H groups in total. The largest absolute Gasteiger partial charge is 0.448 e. The quantitative estimate of drug-likeness (QED) is 0.563. The van der Waals surface area contributed by atoms with Crippen LogP contribution in [0.15, 0.2) is 0 Å². The first-order valence-corrected chi connectivity index (χ1v) is 4.47. The lowest BCUT2D eigenvalue weighted by molar-refractivity contribution is 0.0510. The van der Waals surface area contributed by atoms with E-state index in [2.05, 4.69) is 9.47 Å². The highest BCUT2D eigenvalue weighted by Crippen LogP contribution is 2.10. The molecule has 0 aliphatic carbocycles. The van der Waals surface area contributed by atoms with E-state index in [1.54, 1.807) is 13.8 Å². The lowest BCUT2D eigenvalue weighted by Gasteiger charge is -2.19. The molecule has 0 rings (SSSR count). The molecule has 0 aliphatic heterocycles. The number of hydrogen-bond donors (Lipinski definition) is 0. The molecule has 0 aliphatic rings. The maximum atomic E-state index is 11.1. The molecule has 0 saturated heterocycles. The van der Waals surface area contributed by atoms with E-state index in [4.69, 9.17) is 23.6 Å². The summed E-state index contributed by atoms with van der Waals surface area (Å²) in [5, 5.41) is 0.316. The normalized spacial score (nSPS) is 9.79. The van der Waals surface area contributed by atoms with E-state index in [0.717, 1.165) is 0 Å². The molecule has 0 radical (unpaired) electrons. The van der Waals surface area contributed by atoms with E-state index in [-0.39, 0.29) is 17.3 Å². The molecule has 0 atom stereocenters. The standard InChI is InChI=1S/C6H10Cl2N2O4/c1-3-13-5(11)9(10(7)8)6(12)14-4-2/h3-4H2,1-2H3. The molecule has 82 valence electrons.